The molecular weight excluding hydrogens is 218 g/mol. The smallest absolute Gasteiger partial charge is 0.238 e. The zero-order valence-electron chi connectivity index (χ0n) is 10.1. The van der Waals surface area contributed by atoms with Gasteiger partial charge < -0.3 is 10.2 Å². The number of likely N-dealkylation sites (N-methyl/N-ethyl adjacent to an activating group) is 1. The Bertz CT molecular complexity index is 463. The molecule has 6 heteroatoms. The predicted octanol–water partition coefficient (Wildman–Crippen LogP) is 2.44. The van der Waals surface area contributed by atoms with Gasteiger partial charge in [0.2, 0.25) is 5.91 Å². The number of azide groups is 1. The number of nitrogens with zero attached hydrogens (tertiary/aromatic N) is 4. The molecule has 0 atom stereocenters. The first-order valence-electron chi connectivity index (χ1n) is 5.13. The van der Waals surface area contributed by atoms with E-state index in [2.05, 4.69) is 15.3 Å². The average molecular weight is 233 g/mol. The molecule has 0 radical (unpaired) electrons. The number of anilines is 1. The Kier molecular flexibility index (Phi) is 4.51. The van der Waals surface area contributed by atoms with Crippen LogP contribution in [-0.4, -0.2) is 31.4 Å². The van der Waals surface area contributed by atoms with Crippen LogP contribution in [-0.2, 0) is 4.79 Å². The minimum atomic E-state index is -0.0744. The Morgan fingerprint density at radius 1 is 1.53 bits per heavy atom. The predicted molar refractivity (Wildman–Crippen MR) is 67.2 cm³/mol. The minimum Gasteiger partial charge on any atom is -0.325 e. The Morgan fingerprint density at radius 2 is 2.24 bits per heavy atom. The normalized spacial score (nSPS) is 9.88. The Labute approximate surface area is 99.9 Å². The quantitative estimate of drug-likeness (QED) is 0.492. The Hall–Kier alpha value is -2.04. The molecule has 0 saturated heterocycles. The third kappa shape index (κ3) is 4.14. The van der Waals surface area contributed by atoms with Crippen molar-refractivity contribution >= 4 is 17.3 Å². The fourth-order valence-corrected chi connectivity index (χ4v) is 1.38. The molecule has 90 valence electrons. The number of rotatable bonds is 4. The van der Waals surface area contributed by atoms with E-state index in [0.29, 0.717) is 12.2 Å². The highest BCUT2D eigenvalue weighted by Crippen LogP contribution is 2.21. The number of benzene rings is 1. The van der Waals surface area contributed by atoms with E-state index in [9.17, 15) is 4.79 Å². The van der Waals surface area contributed by atoms with Crippen LogP contribution in [0.25, 0.3) is 10.4 Å². The molecule has 1 aromatic rings. The number of amides is 1. The summed E-state index contributed by atoms with van der Waals surface area (Å²) in [6, 6.07) is 5.12. The molecule has 0 saturated carbocycles. The second kappa shape index (κ2) is 5.89. The molecule has 1 N–H and O–H groups in total. The summed E-state index contributed by atoms with van der Waals surface area (Å²) < 4.78 is 0. The first-order chi connectivity index (χ1) is 8.02. The van der Waals surface area contributed by atoms with E-state index < -0.39 is 0 Å². The molecular formula is C11H15N5O. The molecule has 0 aliphatic carbocycles. The van der Waals surface area contributed by atoms with Crippen LogP contribution in [0.1, 0.15) is 5.56 Å². The van der Waals surface area contributed by atoms with Gasteiger partial charge in [-0.3, -0.25) is 4.79 Å². The zero-order valence-corrected chi connectivity index (χ0v) is 10.1. The molecule has 17 heavy (non-hydrogen) atoms. The van der Waals surface area contributed by atoms with Gasteiger partial charge in [0, 0.05) is 16.3 Å². The summed E-state index contributed by atoms with van der Waals surface area (Å²) in [5, 5.41) is 6.29. The fraction of sp³-hybridized carbons (Fsp3) is 0.364. The summed E-state index contributed by atoms with van der Waals surface area (Å²) >= 11 is 0. The van der Waals surface area contributed by atoms with Crippen LogP contribution >= 0.6 is 0 Å². The number of carbonyl (C=O) groups is 1. The summed E-state index contributed by atoms with van der Waals surface area (Å²) in [7, 11) is 3.66. The molecule has 1 amide bonds. The highest BCUT2D eigenvalue weighted by Gasteiger charge is 2.05. The molecule has 0 spiro atoms. The van der Waals surface area contributed by atoms with Crippen LogP contribution < -0.4 is 5.32 Å². The molecule has 0 aromatic heterocycles. The lowest BCUT2D eigenvalue weighted by Gasteiger charge is -2.12. The van der Waals surface area contributed by atoms with E-state index in [1.165, 1.54) is 0 Å². The van der Waals surface area contributed by atoms with Crippen molar-refractivity contribution in [1.29, 1.82) is 0 Å². The zero-order chi connectivity index (χ0) is 12.8. The van der Waals surface area contributed by atoms with Gasteiger partial charge in [0.05, 0.1) is 6.54 Å². The molecule has 0 unspecified atom stereocenters. The molecule has 1 aromatic carbocycles. The van der Waals surface area contributed by atoms with Crippen LogP contribution in [0.4, 0.5) is 11.4 Å². The summed E-state index contributed by atoms with van der Waals surface area (Å²) in [6.45, 7) is 2.18. The van der Waals surface area contributed by atoms with Gasteiger partial charge >= 0.3 is 0 Å². The lowest BCUT2D eigenvalue weighted by Crippen LogP contribution is -2.27. The number of aryl methyl sites for hydroxylation is 1. The van der Waals surface area contributed by atoms with Crippen LogP contribution in [0.5, 0.6) is 0 Å². The van der Waals surface area contributed by atoms with Gasteiger partial charge in [-0.25, -0.2) is 0 Å². The van der Waals surface area contributed by atoms with E-state index in [-0.39, 0.29) is 5.91 Å². The van der Waals surface area contributed by atoms with Crippen molar-refractivity contribution in [3.05, 3.63) is 34.2 Å². The molecule has 0 fully saturated rings. The van der Waals surface area contributed by atoms with Crippen LogP contribution in [0, 0.1) is 6.92 Å². The van der Waals surface area contributed by atoms with E-state index in [1.807, 2.05) is 21.0 Å². The third-order valence-electron chi connectivity index (χ3n) is 2.10. The maximum absolute atomic E-state index is 11.6. The topological polar surface area (TPSA) is 81.1 Å². The molecule has 0 aliphatic heterocycles. The number of carbonyl (C=O) groups excluding carboxylic acids is 1. The van der Waals surface area contributed by atoms with E-state index in [0.717, 1.165) is 11.3 Å². The van der Waals surface area contributed by atoms with Gasteiger partial charge in [0.25, 0.3) is 0 Å². The van der Waals surface area contributed by atoms with Crippen molar-refractivity contribution in [2.45, 2.75) is 6.92 Å². The van der Waals surface area contributed by atoms with Gasteiger partial charge in [0.1, 0.15) is 0 Å². The van der Waals surface area contributed by atoms with Crippen LogP contribution in [0.15, 0.2) is 23.3 Å². The summed E-state index contributed by atoms with van der Waals surface area (Å²) in [5.74, 6) is -0.0744. The second-order valence-electron chi connectivity index (χ2n) is 3.97. The third-order valence-corrected chi connectivity index (χ3v) is 2.10. The number of nitrogens with one attached hydrogen (secondary N) is 1. The van der Waals surface area contributed by atoms with Crippen molar-refractivity contribution in [1.82, 2.24) is 4.90 Å². The number of hydrogen-bond donors (Lipinski definition) is 1. The first-order valence-corrected chi connectivity index (χ1v) is 5.13. The Balaban J connectivity index is 2.79. The molecule has 0 aliphatic rings. The van der Waals surface area contributed by atoms with Gasteiger partial charge in [-0.1, -0.05) is 11.2 Å². The maximum atomic E-state index is 11.6. The van der Waals surface area contributed by atoms with Crippen LogP contribution in [0.3, 0.4) is 0 Å². The average Bonchev–Trinajstić information content (AvgIpc) is 2.21. The van der Waals surface area contributed by atoms with Gasteiger partial charge in [-0.15, -0.1) is 0 Å². The van der Waals surface area contributed by atoms with E-state index >= 15 is 0 Å². The second-order valence-corrected chi connectivity index (χ2v) is 3.97. The van der Waals surface area contributed by atoms with Gasteiger partial charge in [-0.05, 0) is 44.2 Å². The van der Waals surface area contributed by atoms with E-state index in [4.69, 9.17) is 5.53 Å². The summed E-state index contributed by atoms with van der Waals surface area (Å²) in [4.78, 5) is 16.0. The number of hydrogen-bond acceptors (Lipinski definition) is 3. The molecule has 1 rings (SSSR count). The summed E-state index contributed by atoms with van der Waals surface area (Å²) in [6.07, 6.45) is 0. The lowest BCUT2D eigenvalue weighted by molar-refractivity contribution is -0.116. The fourth-order valence-electron chi connectivity index (χ4n) is 1.38. The van der Waals surface area contributed by atoms with Crippen molar-refractivity contribution in [3.63, 3.8) is 0 Å². The molecule has 6 nitrogen and oxygen atoms in total. The largest absolute Gasteiger partial charge is 0.325 e. The van der Waals surface area contributed by atoms with E-state index in [1.54, 1.807) is 23.1 Å². The van der Waals surface area contributed by atoms with Crippen LogP contribution in [0.2, 0.25) is 0 Å². The molecule has 0 heterocycles. The Morgan fingerprint density at radius 3 is 2.76 bits per heavy atom. The van der Waals surface area contributed by atoms with Gasteiger partial charge in [-0.2, -0.15) is 0 Å². The monoisotopic (exact) mass is 233 g/mol. The minimum absolute atomic E-state index is 0.0744. The van der Waals surface area contributed by atoms with Crippen molar-refractivity contribution in [2.24, 2.45) is 5.11 Å². The highest BCUT2D eigenvalue weighted by molar-refractivity contribution is 5.93. The maximum Gasteiger partial charge on any atom is 0.238 e. The van der Waals surface area contributed by atoms with Crippen molar-refractivity contribution in [3.8, 4) is 0 Å². The van der Waals surface area contributed by atoms with Gasteiger partial charge in [0.15, 0.2) is 0 Å². The molecule has 0 bridgehead atoms. The van der Waals surface area contributed by atoms with Crippen molar-refractivity contribution in [2.75, 3.05) is 26.0 Å². The SMILES string of the molecule is Cc1cc(N=[N+]=[N-])ccc1NC(=O)CN(C)C. The van der Waals surface area contributed by atoms with Crippen molar-refractivity contribution < 1.29 is 4.79 Å². The standard InChI is InChI=1S/C11H15N5O/c1-8-6-9(14-15-12)4-5-10(8)13-11(17)7-16(2)3/h4-6H,7H2,1-3H3,(H,13,17). The first kappa shape index (κ1) is 13.0. The highest BCUT2D eigenvalue weighted by atomic mass is 16.2. The lowest BCUT2D eigenvalue weighted by atomic mass is 10.2. The summed E-state index contributed by atoms with van der Waals surface area (Å²) in [5.41, 5.74) is 10.4.